The lowest BCUT2D eigenvalue weighted by Gasteiger charge is -2.29. The Hall–Kier alpha value is -7.94. The molecular formula is C63H51NO. The molecule has 9 aromatic carbocycles. The molecule has 0 saturated heterocycles. The van der Waals surface area contributed by atoms with Gasteiger partial charge in [0.25, 0.3) is 0 Å². The molecule has 0 amide bonds. The minimum atomic E-state index is 0.309. The van der Waals surface area contributed by atoms with Gasteiger partial charge in [-0.2, -0.15) is 0 Å². The molecular weight excluding hydrogens is 787 g/mol. The van der Waals surface area contributed by atoms with Crippen LogP contribution in [0.3, 0.4) is 0 Å². The number of anilines is 3. The predicted octanol–water partition coefficient (Wildman–Crippen LogP) is 17.6. The van der Waals surface area contributed by atoms with Gasteiger partial charge in [0.2, 0.25) is 0 Å². The second-order valence-electron chi connectivity index (χ2n) is 16.8. The van der Waals surface area contributed by atoms with Gasteiger partial charge < -0.3 is 9.64 Å². The lowest BCUT2D eigenvalue weighted by molar-refractivity contribution is 0.479. The van der Waals surface area contributed by atoms with Gasteiger partial charge in [0.1, 0.15) is 11.5 Å². The van der Waals surface area contributed by atoms with E-state index in [-0.39, 0.29) is 0 Å². The van der Waals surface area contributed by atoms with Gasteiger partial charge in [0, 0.05) is 34.0 Å². The maximum Gasteiger partial charge on any atom is 0.138 e. The number of hydrogen-bond acceptors (Lipinski definition) is 2. The van der Waals surface area contributed by atoms with Gasteiger partial charge in [-0.25, -0.2) is 0 Å². The van der Waals surface area contributed by atoms with Crippen molar-refractivity contribution in [2.45, 2.75) is 32.6 Å². The minimum Gasteiger partial charge on any atom is -0.456 e. The number of benzene rings is 9. The van der Waals surface area contributed by atoms with Crippen molar-refractivity contribution in [1.82, 2.24) is 0 Å². The fourth-order valence-corrected chi connectivity index (χ4v) is 9.33. The standard InChI is InChI=1S/C63H51NO/c1-45-20-17-33-57(51-26-11-5-12-27-51)62(45)65-63-46(2)21-18-34-59(63)58-31-15-16-35-61(58)64(54-40-36-48(37-41-54)47-22-7-3-8-23-47)55-42-38-49(39-43-55)53-30-19-32-56(50-24-9-4-10-25-50)60(44-53)52-28-13-6-14-29-52/h3-18,20-31,33-44,56H,19,32H2,1-2H3. The summed E-state index contributed by atoms with van der Waals surface area (Å²) in [5, 5.41) is 0. The van der Waals surface area contributed by atoms with Crippen molar-refractivity contribution in [3.8, 4) is 44.9 Å². The van der Waals surface area contributed by atoms with E-state index in [9.17, 15) is 0 Å². The number of nitrogens with zero attached hydrogens (tertiary/aromatic N) is 1. The van der Waals surface area contributed by atoms with Crippen molar-refractivity contribution in [2.24, 2.45) is 0 Å². The third-order valence-electron chi connectivity index (χ3n) is 12.7. The molecule has 0 heterocycles. The fourth-order valence-electron chi connectivity index (χ4n) is 9.33. The molecule has 10 rings (SSSR count). The van der Waals surface area contributed by atoms with Crippen LogP contribution in [-0.2, 0) is 0 Å². The Labute approximate surface area is 384 Å². The summed E-state index contributed by atoms with van der Waals surface area (Å²) in [6.07, 6.45) is 6.90. The first-order valence-electron chi connectivity index (χ1n) is 22.7. The average Bonchev–Trinajstić information content (AvgIpc) is 3.61. The van der Waals surface area contributed by atoms with Crippen LogP contribution >= 0.6 is 0 Å². The molecule has 0 aliphatic heterocycles. The van der Waals surface area contributed by atoms with Gasteiger partial charge in [-0.3, -0.25) is 0 Å². The molecule has 0 radical (unpaired) electrons. The largest absolute Gasteiger partial charge is 0.456 e. The highest BCUT2D eigenvalue weighted by molar-refractivity contribution is 5.92. The quantitative estimate of drug-likeness (QED) is 0.129. The Morgan fingerprint density at radius 2 is 0.877 bits per heavy atom. The summed E-state index contributed by atoms with van der Waals surface area (Å²) in [5.74, 6) is 2.02. The first-order valence-corrected chi connectivity index (χ1v) is 22.7. The van der Waals surface area contributed by atoms with Crippen molar-refractivity contribution in [3.05, 3.63) is 270 Å². The maximum atomic E-state index is 7.16. The zero-order chi connectivity index (χ0) is 44.0. The number of para-hydroxylation sites is 3. The summed E-state index contributed by atoms with van der Waals surface area (Å²) in [5.41, 5.74) is 18.4. The Morgan fingerprint density at radius 3 is 1.51 bits per heavy atom. The number of hydrogen-bond donors (Lipinski definition) is 0. The molecule has 0 aromatic heterocycles. The van der Waals surface area contributed by atoms with E-state index in [4.69, 9.17) is 4.74 Å². The van der Waals surface area contributed by atoms with Gasteiger partial charge in [0.05, 0.1) is 5.69 Å². The summed E-state index contributed by atoms with van der Waals surface area (Å²) < 4.78 is 7.16. The molecule has 1 unspecified atom stereocenters. The third-order valence-corrected chi connectivity index (χ3v) is 12.7. The molecule has 65 heavy (non-hydrogen) atoms. The van der Waals surface area contributed by atoms with Crippen LogP contribution in [0.25, 0.3) is 44.5 Å². The number of aryl methyl sites for hydroxylation is 2. The van der Waals surface area contributed by atoms with Gasteiger partial charge in [0.15, 0.2) is 0 Å². The zero-order valence-corrected chi connectivity index (χ0v) is 36.9. The van der Waals surface area contributed by atoms with Crippen LogP contribution in [0, 0.1) is 13.8 Å². The smallest absolute Gasteiger partial charge is 0.138 e. The molecule has 0 spiro atoms. The van der Waals surface area contributed by atoms with E-state index in [1.165, 1.54) is 39.0 Å². The normalized spacial score (nSPS) is 13.6. The second kappa shape index (κ2) is 18.8. The Bertz CT molecular complexity index is 3100. The van der Waals surface area contributed by atoms with E-state index >= 15 is 0 Å². The Kier molecular flexibility index (Phi) is 11.9. The van der Waals surface area contributed by atoms with Crippen LogP contribution in [0.4, 0.5) is 17.1 Å². The molecule has 0 saturated carbocycles. The van der Waals surface area contributed by atoms with Crippen molar-refractivity contribution in [2.75, 3.05) is 4.90 Å². The first-order chi connectivity index (χ1) is 32.1. The monoisotopic (exact) mass is 837 g/mol. The average molecular weight is 838 g/mol. The van der Waals surface area contributed by atoms with Gasteiger partial charge in [-0.15, -0.1) is 0 Å². The molecule has 1 aliphatic carbocycles. The molecule has 2 nitrogen and oxygen atoms in total. The van der Waals surface area contributed by atoms with E-state index in [0.29, 0.717) is 5.92 Å². The Balaban J connectivity index is 1.08. The van der Waals surface area contributed by atoms with Crippen LogP contribution in [0.5, 0.6) is 11.5 Å². The predicted molar refractivity (Wildman–Crippen MR) is 274 cm³/mol. The van der Waals surface area contributed by atoms with E-state index in [1.54, 1.807) is 0 Å². The van der Waals surface area contributed by atoms with E-state index in [1.807, 2.05) is 0 Å². The van der Waals surface area contributed by atoms with Gasteiger partial charge in [-0.1, -0.05) is 212 Å². The van der Waals surface area contributed by atoms with E-state index < -0.39 is 0 Å². The van der Waals surface area contributed by atoms with Crippen LogP contribution in [-0.4, -0.2) is 0 Å². The highest BCUT2D eigenvalue weighted by Crippen LogP contribution is 2.48. The molecule has 1 atom stereocenters. The second-order valence-corrected chi connectivity index (χ2v) is 16.8. The number of allylic oxidation sites excluding steroid dienone is 4. The lowest BCUT2D eigenvalue weighted by atomic mass is 9.84. The number of rotatable bonds is 11. The summed E-state index contributed by atoms with van der Waals surface area (Å²) in [6.45, 7) is 4.27. The van der Waals surface area contributed by atoms with Crippen molar-refractivity contribution >= 4 is 28.2 Å². The van der Waals surface area contributed by atoms with E-state index in [2.05, 4.69) is 261 Å². The fraction of sp³-hybridized carbons (Fsp3) is 0.0794. The third kappa shape index (κ3) is 8.72. The van der Waals surface area contributed by atoms with Crippen LogP contribution in [0.2, 0.25) is 0 Å². The number of ether oxygens (including phenoxy) is 1. The van der Waals surface area contributed by atoms with Crippen LogP contribution in [0.15, 0.2) is 243 Å². The lowest BCUT2D eigenvalue weighted by Crippen LogP contribution is -2.11. The topological polar surface area (TPSA) is 12.5 Å². The SMILES string of the molecule is Cc1cccc(-c2ccccc2)c1Oc1c(C)cccc1-c1ccccc1N(c1ccc(C2=CCCC(c3ccccc3)C(c3ccccc3)=C2)cc1)c1ccc(-c2ccccc2)cc1. The summed E-state index contributed by atoms with van der Waals surface area (Å²) in [4.78, 5) is 2.39. The van der Waals surface area contributed by atoms with Crippen molar-refractivity contribution < 1.29 is 4.74 Å². The van der Waals surface area contributed by atoms with E-state index in [0.717, 1.165) is 74.8 Å². The molecule has 0 N–H and O–H groups in total. The molecule has 314 valence electrons. The van der Waals surface area contributed by atoms with Gasteiger partial charge in [-0.05, 0) is 113 Å². The summed E-state index contributed by atoms with van der Waals surface area (Å²) >= 11 is 0. The first kappa shape index (κ1) is 41.1. The molecule has 1 aliphatic rings. The Morgan fingerprint density at radius 1 is 0.400 bits per heavy atom. The highest BCUT2D eigenvalue weighted by Gasteiger charge is 2.24. The minimum absolute atomic E-state index is 0.309. The molecule has 0 fully saturated rings. The maximum absolute atomic E-state index is 7.16. The van der Waals surface area contributed by atoms with Crippen LogP contribution < -0.4 is 9.64 Å². The summed E-state index contributed by atoms with van der Waals surface area (Å²) in [6, 6.07) is 82.7. The molecule has 9 aromatic rings. The molecule has 2 heteroatoms. The van der Waals surface area contributed by atoms with Gasteiger partial charge >= 0.3 is 0 Å². The van der Waals surface area contributed by atoms with Crippen molar-refractivity contribution in [1.29, 1.82) is 0 Å². The summed E-state index contributed by atoms with van der Waals surface area (Å²) in [7, 11) is 0. The van der Waals surface area contributed by atoms with Crippen LogP contribution in [0.1, 0.15) is 46.6 Å². The highest BCUT2D eigenvalue weighted by atomic mass is 16.5. The zero-order valence-electron chi connectivity index (χ0n) is 36.9. The molecule has 0 bridgehead atoms. The van der Waals surface area contributed by atoms with Crippen molar-refractivity contribution in [3.63, 3.8) is 0 Å².